The van der Waals surface area contributed by atoms with Gasteiger partial charge in [0, 0.05) is 30.1 Å². The van der Waals surface area contributed by atoms with E-state index in [1.165, 1.54) is 6.07 Å². The van der Waals surface area contributed by atoms with Crippen LogP contribution in [0.3, 0.4) is 0 Å². The number of piperidine rings is 1. The Morgan fingerprint density at radius 2 is 1.73 bits per heavy atom. The highest BCUT2D eigenvalue weighted by atomic mass is 19.2. The first kappa shape index (κ1) is 18.0. The van der Waals surface area contributed by atoms with Crippen LogP contribution in [0.4, 0.5) is 8.78 Å². The van der Waals surface area contributed by atoms with Gasteiger partial charge in [-0.05, 0) is 55.3 Å². The molecule has 1 amide bonds. The summed E-state index contributed by atoms with van der Waals surface area (Å²) in [6.07, 6.45) is 1.30. The summed E-state index contributed by atoms with van der Waals surface area (Å²) in [6, 6.07) is 9.94. The van der Waals surface area contributed by atoms with E-state index in [-0.39, 0.29) is 23.8 Å². The lowest BCUT2D eigenvalue weighted by molar-refractivity contribution is 0.0637. The van der Waals surface area contributed by atoms with Crippen LogP contribution in [-0.4, -0.2) is 36.8 Å². The Kier molecular flexibility index (Phi) is 5.30. The van der Waals surface area contributed by atoms with Crippen LogP contribution in [0.15, 0.2) is 42.5 Å². The number of amides is 1. The van der Waals surface area contributed by atoms with Gasteiger partial charge in [0.25, 0.3) is 5.91 Å². The number of halogens is 2. The van der Waals surface area contributed by atoms with Crippen LogP contribution < -0.4 is 4.74 Å². The Morgan fingerprint density at radius 1 is 1.04 bits per heavy atom. The van der Waals surface area contributed by atoms with Crippen LogP contribution in [0, 0.1) is 17.6 Å². The van der Waals surface area contributed by atoms with Crippen LogP contribution in [0.5, 0.6) is 5.75 Å². The summed E-state index contributed by atoms with van der Waals surface area (Å²) in [4.78, 5) is 26.9. The van der Waals surface area contributed by atoms with Crippen LogP contribution in [0.2, 0.25) is 0 Å². The highest BCUT2D eigenvalue weighted by molar-refractivity contribution is 5.99. The van der Waals surface area contributed by atoms with Gasteiger partial charge in [-0.25, -0.2) is 8.78 Å². The van der Waals surface area contributed by atoms with E-state index in [1.807, 2.05) is 0 Å². The fourth-order valence-electron chi connectivity index (χ4n) is 3.18. The Balaban J connectivity index is 1.72. The summed E-state index contributed by atoms with van der Waals surface area (Å²) in [7, 11) is 1.55. The normalized spacial score (nSPS) is 17.0. The zero-order chi connectivity index (χ0) is 18.7. The minimum absolute atomic E-state index is 0.132. The van der Waals surface area contributed by atoms with Crippen LogP contribution in [-0.2, 0) is 0 Å². The minimum atomic E-state index is -1.04. The molecule has 4 nitrogen and oxygen atoms in total. The fourth-order valence-corrected chi connectivity index (χ4v) is 3.18. The van der Waals surface area contributed by atoms with E-state index in [2.05, 4.69) is 0 Å². The average Bonchev–Trinajstić information content (AvgIpc) is 2.69. The molecular weight excluding hydrogens is 340 g/mol. The Labute approximate surface area is 150 Å². The van der Waals surface area contributed by atoms with Gasteiger partial charge in [-0.2, -0.15) is 0 Å². The van der Waals surface area contributed by atoms with Gasteiger partial charge in [0.15, 0.2) is 17.4 Å². The lowest BCUT2D eigenvalue weighted by atomic mass is 9.89. The smallest absolute Gasteiger partial charge is 0.253 e. The van der Waals surface area contributed by atoms with E-state index < -0.39 is 17.6 Å². The van der Waals surface area contributed by atoms with Gasteiger partial charge in [0.2, 0.25) is 0 Å². The summed E-state index contributed by atoms with van der Waals surface area (Å²) in [5.41, 5.74) is 0.652. The van der Waals surface area contributed by atoms with Crippen molar-refractivity contribution >= 4 is 11.7 Å². The molecule has 1 saturated heterocycles. The van der Waals surface area contributed by atoms with Crippen LogP contribution in [0.25, 0.3) is 0 Å². The Bertz CT molecular complexity index is 820. The molecule has 0 aromatic heterocycles. The summed E-state index contributed by atoms with van der Waals surface area (Å²) < 4.78 is 31.5. The molecule has 1 heterocycles. The third kappa shape index (κ3) is 3.74. The van der Waals surface area contributed by atoms with E-state index in [0.717, 1.165) is 12.1 Å². The predicted octanol–water partition coefficient (Wildman–Crippen LogP) is 3.71. The summed E-state index contributed by atoms with van der Waals surface area (Å²) in [6.45, 7) is 0.828. The number of nitrogens with zero attached hydrogens (tertiary/aromatic N) is 1. The first-order valence-corrected chi connectivity index (χ1v) is 8.42. The zero-order valence-electron chi connectivity index (χ0n) is 14.4. The quantitative estimate of drug-likeness (QED) is 0.782. The van der Waals surface area contributed by atoms with Crippen molar-refractivity contribution in [2.75, 3.05) is 20.2 Å². The molecule has 1 aliphatic heterocycles. The van der Waals surface area contributed by atoms with E-state index in [1.54, 1.807) is 36.3 Å². The SMILES string of the molecule is COc1ccc(C(=O)N2CCC[C@H](C(=O)c3ccc(F)c(F)c3)C2)cc1. The minimum Gasteiger partial charge on any atom is -0.497 e. The molecule has 0 saturated carbocycles. The number of rotatable bonds is 4. The number of benzene rings is 2. The molecule has 2 aromatic carbocycles. The van der Waals surface area contributed by atoms with Gasteiger partial charge in [0.05, 0.1) is 7.11 Å². The van der Waals surface area contributed by atoms with Gasteiger partial charge in [-0.3, -0.25) is 9.59 Å². The second kappa shape index (κ2) is 7.64. The number of Topliss-reactive ketones (excluding diaryl/α,β-unsaturated/α-hetero) is 1. The average molecular weight is 359 g/mol. The second-order valence-corrected chi connectivity index (χ2v) is 6.31. The van der Waals surface area contributed by atoms with Crippen molar-refractivity contribution in [3.63, 3.8) is 0 Å². The van der Waals surface area contributed by atoms with E-state index in [0.29, 0.717) is 30.7 Å². The fraction of sp³-hybridized carbons (Fsp3) is 0.300. The van der Waals surface area contributed by atoms with E-state index >= 15 is 0 Å². The van der Waals surface area contributed by atoms with E-state index in [9.17, 15) is 18.4 Å². The highest BCUT2D eigenvalue weighted by Gasteiger charge is 2.29. The Hall–Kier alpha value is -2.76. The van der Waals surface area contributed by atoms with Gasteiger partial charge < -0.3 is 9.64 Å². The van der Waals surface area contributed by atoms with Crippen molar-refractivity contribution in [1.29, 1.82) is 0 Å². The summed E-state index contributed by atoms with van der Waals surface area (Å²) in [5, 5.41) is 0. The lowest BCUT2D eigenvalue weighted by Gasteiger charge is -2.32. The summed E-state index contributed by atoms with van der Waals surface area (Å²) >= 11 is 0. The molecule has 0 N–H and O–H groups in total. The summed E-state index contributed by atoms with van der Waals surface area (Å²) in [5.74, 6) is -2.21. The van der Waals surface area contributed by atoms with Crippen molar-refractivity contribution in [1.82, 2.24) is 4.90 Å². The number of methoxy groups -OCH3 is 1. The number of likely N-dealkylation sites (tertiary alicyclic amines) is 1. The van der Waals surface area contributed by atoms with Gasteiger partial charge in [0.1, 0.15) is 5.75 Å². The van der Waals surface area contributed by atoms with Crippen LogP contribution >= 0.6 is 0 Å². The standard InChI is InChI=1S/C20H19F2NO3/c1-26-16-7-4-13(5-8-16)20(25)23-10-2-3-15(12-23)19(24)14-6-9-17(21)18(22)11-14/h4-9,11,15H,2-3,10,12H2,1H3/t15-/m0/s1. The predicted molar refractivity (Wildman–Crippen MR) is 92.3 cm³/mol. The van der Waals surface area contributed by atoms with Crippen LogP contribution in [0.1, 0.15) is 33.6 Å². The number of ether oxygens (including phenoxy) is 1. The first-order valence-electron chi connectivity index (χ1n) is 8.42. The van der Waals surface area contributed by atoms with Crippen molar-refractivity contribution in [2.24, 2.45) is 5.92 Å². The van der Waals surface area contributed by atoms with Gasteiger partial charge >= 0.3 is 0 Å². The molecule has 1 aliphatic rings. The maximum absolute atomic E-state index is 13.4. The molecule has 0 bridgehead atoms. The van der Waals surface area contributed by atoms with Gasteiger partial charge in [-0.1, -0.05) is 0 Å². The largest absolute Gasteiger partial charge is 0.497 e. The molecule has 1 atom stereocenters. The highest BCUT2D eigenvalue weighted by Crippen LogP contribution is 2.24. The monoisotopic (exact) mass is 359 g/mol. The second-order valence-electron chi connectivity index (χ2n) is 6.31. The number of hydrogen-bond donors (Lipinski definition) is 0. The van der Waals surface area contributed by atoms with Crippen molar-refractivity contribution in [3.05, 3.63) is 65.2 Å². The van der Waals surface area contributed by atoms with Gasteiger partial charge in [-0.15, -0.1) is 0 Å². The van der Waals surface area contributed by atoms with E-state index in [4.69, 9.17) is 4.74 Å². The lowest BCUT2D eigenvalue weighted by Crippen LogP contribution is -2.42. The molecule has 0 unspecified atom stereocenters. The first-order chi connectivity index (χ1) is 12.5. The number of ketones is 1. The maximum Gasteiger partial charge on any atom is 0.253 e. The van der Waals surface area contributed by atoms with Crippen molar-refractivity contribution in [2.45, 2.75) is 12.8 Å². The molecule has 26 heavy (non-hydrogen) atoms. The topological polar surface area (TPSA) is 46.6 Å². The van der Waals surface area contributed by atoms with Crippen molar-refractivity contribution in [3.8, 4) is 5.75 Å². The molecule has 136 valence electrons. The molecule has 2 aromatic rings. The number of carbonyl (C=O) groups excluding carboxylic acids is 2. The number of carbonyl (C=O) groups is 2. The molecule has 0 spiro atoms. The zero-order valence-corrected chi connectivity index (χ0v) is 14.4. The number of hydrogen-bond acceptors (Lipinski definition) is 3. The molecule has 6 heteroatoms. The molecule has 0 aliphatic carbocycles. The van der Waals surface area contributed by atoms with Crippen molar-refractivity contribution < 1.29 is 23.1 Å². The third-order valence-corrected chi connectivity index (χ3v) is 4.62. The Morgan fingerprint density at radius 3 is 2.38 bits per heavy atom. The molecule has 0 radical (unpaired) electrons. The molecule has 1 fully saturated rings. The molecule has 3 rings (SSSR count). The molecular formula is C20H19F2NO3. The maximum atomic E-state index is 13.4. The third-order valence-electron chi connectivity index (χ3n) is 4.62.